The summed E-state index contributed by atoms with van der Waals surface area (Å²) in [7, 11) is 0. The number of phenols is 1. The minimum absolute atomic E-state index is 0.167. The van der Waals surface area contributed by atoms with E-state index in [2.05, 4.69) is 0 Å². The summed E-state index contributed by atoms with van der Waals surface area (Å²) in [5.41, 5.74) is -1.52. The second-order valence-corrected chi connectivity index (χ2v) is 6.32. The number of nitrogens with zero attached hydrogens (tertiary/aromatic N) is 1. The molecule has 0 atom stereocenters. The Bertz CT molecular complexity index is 572. The number of hydrogen-bond donors (Lipinski definition) is 2. The second kappa shape index (κ2) is 9.25. The highest BCUT2D eigenvalue weighted by Gasteiger charge is 2.36. The van der Waals surface area contributed by atoms with Gasteiger partial charge in [0.25, 0.3) is 5.69 Å². The Morgan fingerprint density at radius 2 is 1.42 bits per heavy atom. The number of aliphatic carboxylic acids is 1. The minimum atomic E-state index is -1.33. The number of nitro groups is 1. The second-order valence-electron chi connectivity index (χ2n) is 6.32. The van der Waals surface area contributed by atoms with Gasteiger partial charge in [-0.25, -0.2) is 0 Å². The summed E-state index contributed by atoms with van der Waals surface area (Å²) in [6, 6.07) is 2.45. The molecule has 0 aromatic heterocycles. The van der Waals surface area contributed by atoms with Crippen LogP contribution in [-0.2, 0) is 15.6 Å². The first-order valence-corrected chi connectivity index (χ1v) is 8.14. The van der Waals surface area contributed by atoms with Gasteiger partial charge in [0, 0.05) is 11.1 Å². The van der Waals surface area contributed by atoms with Gasteiger partial charge < -0.3 is 10.2 Å². The standard InChI is InChI=1S/C14H19NO5.2C2H6/c1-13(2,3)8-6-9(14(4,5)12(17)18)11(16)7-10(8)15(19)20;2*1-2/h6-7,16H,1-5H3,(H,17,18);2*1-2H3. The van der Waals surface area contributed by atoms with Gasteiger partial charge in [0.15, 0.2) is 0 Å². The van der Waals surface area contributed by atoms with Gasteiger partial charge in [-0.2, -0.15) is 0 Å². The fourth-order valence-electron chi connectivity index (χ4n) is 1.94. The van der Waals surface area contributed by atoms with Crippen molar-refractivity contribution in [2.24, 2.45) is 0 Å². The predicted molar refractivity (Wildman–Crippen MR) is 96.8 cm³/mol. The fraction of sp³-hybridized carbons (Fsp3) is 0.611. The maximum atomic E-state index is 11.3. The molecule has 0 radical (unpaired) electrons. The average Bonchev–Trinajstić information content (AvgIpc) is 2.49. The zero-order valence-electron chi connectivity index (χ0n) is 16.2. The van der Waals surface area contributed by atoms with Gasteiger partial charge in [-0.15, -0.1) is 0 Å². The smallest absolute Gasteiger partial charge is 0.313 e. The molecule has 0 spiro atoms. The highest BCUT2D eigenvalue weighted by atomic mass is 16.6. The minimum Gasteiger partial charge on any atom is -0.507 e. The summed E-state index contributed by atoms with van der Waals surface area (Å²) in [4.78, 5) is 21.8. The summed E-state index contributed by atoms with van der Waals surface area (Å²) in [5, 5.41) is 30.3. The Kier molecular flexibility index (Phi) is 9.31. The Hall–Kier alpha value is -2.11. The third kappa shape index (κ3) is 5.51. The molecule has 0 bridgehead atoms. The molecule has 0 aliphatic heterocycles. The molecule has 0 unspecified atom stereocenters. The Balaban J connectivity index is 0. The third-order valence-corrected chi connectivity index (χ3v) is 3.33. The van der Waals surface area contributed by atoms with Crippen molar-refractivity contribution in [3.8, 4) is 5.75 Å². The topological polar surface area (TPSA) is 101 Å². The average molecular weight is 341 g/mol. The molecule has 1 aromatic rings. The van der Waals surface area contributed by atoms with E-state index >= 15 is 0 Å². The van der Waals surface area contributed by atoms with E-state index in [1.807, 2.05) is 27.7 Å². The molecule has 24 heavy (non-hydrogen) atoms. The molecule has 6 heteroatoms. The lowest BCUT2D eigenvalue weighted by atomic mass is 9.78. The molecule has 2 N–H and O–H groups in total. The van der Waals surface area contributed by atoms with Crippen molar-refractivity contribution in [3.05, 3.63) is 33.4 Å². The molecule has 0 aliphatic rings. The number of aromatic hydroxyl groups is 1. The molecule has 138 valence electrons. The predicted octanol–water partition coefficient (Wildman–Crippen LogP) is 5.01. The summed E-state index contributed by atoms with van der Waals surface area (Å²) >= 11 is 0. The Labute approximate surface area is 144 Å². The van der Waals surface area contributed by atoms with Crippen molar-refractivity contribution in [1.29, 1.82) is 0 Å². The quantitative estimate of drug-likeness (QED) is 0.594. The fourth-order valence-corrected chi connectivity index (χ4v) is 1.94. The zero-order chi connectivity index (χ0) is 19.9. The molecular formula is C18H31NO5. The lowest BCUT2D eigenvalue weighted by molar-refractivity contribution is -0.386. The molecule has 1 aromatic carbocycles. The van der Waals surface area contributed by atoms with E-state index in [1.54, 1.807) is 20.8 Å². The largest absolute Gasteiger partial charge is 0.507 e. The van der Waals surface area contributed by atoms with E-state index in [4.69, 9.17) is 0 Å². The van der Waals surface area contributed by atoms with Gasteiger partial charge in [-0.1, -0.05) is 48.5 Å². The molecule has 0 saturated carbocycles. The van der Waals surface area contributed by atoms with Gasteiger partial charge in [0.05, 0.1) is 16.4 Å². The molecule has 0 saturated heterocycles. The van der Waals surface area contributed by atoms with Crippen LogP contribution in [0.3, 0.4) is 0 Å². The highest BCUT2D eigenvalue weighted by Crippen LogP contribution is 2.40. The molecule has 6 nitrogen and oxygen atoms in total. The number of benzene rings is 1. The molecule has 0 heterocycles. The van der Waals surface area contributed by atoms with Crippen LogP contribution >= 0.6 is 0 Å². The number of hydrogen-bond acceptors (Lipinski definition) is 4. The lowest BCUT2D eigenvalue weighted by Gasteiger charge is -2.25. The van der Waals surface area contributed by atoms with Crippen molar-refractivity contribution in [2.75, 3.05) is 0 Å². The van der Waals surface area contributed by atoms with Gasteiger partial charge in [-0.3, -0.25) is 14.9 Å². The van der Waals surface area contributed by atoms with Crippen LogP contribution in [-0.4, -0.2) is 21.1 Å². The SMILES string of the molecule is CC.CC.CC(C)(C)c1cc(C(C)(C)C(=O)O)c(O)cc1[N+](=O)[O-]. The molecule has 0 fully saturated rings. The molecule has 0 aliphatic carbocycles. The van der Waals surface area contributed by atoms with E-state index in [9.17, 15) is 25.1 Å². The monoisotopic (exact) mass is 341 g/mol. The first-order valence-electron chi connectivity index (χ1n) is 8.14. The maximum Gasteiger partial charge on any atom is 0.313 e. The van der Waals surface area contributed by atoms with Crippen molar-refractivity contribution in [2.45, 2.75) is 73.1 Å². The first kappa shape index (κ1) is 24.1. The van der Waals surface area contributed by atoms with Crippen LogP contribution in [0.15, 0.2) is 12.1 Å². The number of phenolic OH excluding ortho intramolecular Hbond substituents is 1. The number of carboxylic acid groups (broad SMARTS) is 1. The highest BCUT2D eigenvalue weighted by molar-refractivity contribution is 5.82. The lowest BCUT2D eigenvalue weighted by Crippen LogP contribution is -2.29. The van der Waals surface area contributed by atoms with Crippen LogP contribution in [0.4, 0.5) is 5.69 Å². The number of carboxylic acids is 1. The van der Waals surface area contributed by atoms with Crippen LogP contribution in [0.1, 0.15) is 73.4 Å². The van der Waals surface area contributed by atoms with Crippen molar-refractivity contribution in [3.63, 3.8) is 0 Å². The number of carbonyl (C=O) groups is 1. The van der Waals surface area contributed by atoms with Crippen molar-refractivity contribution in [1.82, 2.24) is 0 Å². The zero-order valence-corrected chi connectivity index (χ0v) is 16.2. The van der Waals surface area contributed by atoms with Gasteiger partial charge in [-0.05, 0) is 25.3 Å². The maximum absolute atomic E-state index is 11.3. The van der Waals surface area contributed by atoms with Crippen LogP contribution < -0.4 is 0 Å². The van der Waals surface area contributed by atoms with Crippen LogP contribution in [0, 0.1) is 10.1 Å². The number of nitro benzene ring substituents is 1. The molecule has 1 rings (SSSR count). The summed E-state index contributed by atoms with van der Waals surface area (Å²) in [6.45, 7) is 16.3. The summed E-state index contributed by atoms with van der Waals surface area (Å²) in [6.07, 6.45) is 0. The molecular weight excluding hydrogens is 310 g/mol. The van der Waals surface area contributed by atoms with E-state index < -0.39 is 21.7 Å². The van der Waals surface area contributed by atoms with E-state index in [0.717, 1.165) is 6.07 Å². The summed E-state index contributed by atoms with van der Waals surface area (Å²) in [5.74, 6) is -1.49. The summed E-state index contributed by atoms with van der Waals surface area (Å²) < 4.78 is 0. The first-order chi connectivity index (χ1) is 10.9. The van der Waals surface area contributed by atoms with Crippen LogP contribution in [0.25, 0.3) is 0 Å². The molecule has 0 amide bonds. The van der Waals surface area contributed by atoms with Crippen molar-refractivity contribution < 1.29 is 19.9 Å². The Morgan fingerprint density at radius 3 is 1.71 bits per heavy atom. The van der Waals surface area contributed by atoms with E-state index in [-0.39, 0.29) is 17.0 Å². The Morgan fingerprint density at radius 1 is 1.00 bits per heavy atom. The van der Waals surface area contributed by atoms with E-state index in [1.165, 1.54) is 19.9 Å². The van der Waals surface area contributed by atoms with Crippen LogP contribution in [0.2, 0.25) is 0 Å². The van der Waals surface area contributed by atoms with Gasteiger partial charge in [0.2, 0.25) is 0 Å². The van der Waals surface area contributed by atoms with Crippen LogP contribution in [0.5, 0.6) is 5.75 Å². The third-order valence-electron chi connectivity index (χ3n) is 3.33. The normalized spacial score (nSPS) is 10.7. The van der Waals surface area contributed by atoms with E-state index in [0.29, 0.717) is 5.56 Å². The van der Waals surface area contributed by atoms with Crippen molar-refractivity contribution >= 4 is 11.7 Å². The van der Waals surface area contributed by atoms with Gasteiger partial charge in [0.1, 0.15) is 5.75 Å². The number of rotatable bonds is 3. The van der Waals surface area contributed by atoms with Gasteiger partial charge >= 0.3 is 5.97 Å².